The molecule has 0 saturated carbocycles. The Morgan fingerprint density at radius 3 is 2.85 bits per heavy atom. The molecular weight excluding hydrogens is 267 g/mol. The predicted octanol–water partition coefficient (Wildman–Crippen LogP) is 1.73. The number of nitro benzene ring substituents is 1. The van der Waals surface area contributed by atoms with Crippen molar-refractivity contribution >= 4 is 11.7 Å². The molecule has 7 heteroatoms. The van der Waals surface area contributed by atoms with Crippen LogP contribution in [0.1, 0.15) is 18.4 Å². The van der Waals surface area contributed by atoms with Crippen molar-refractivity contribution in [2.24, 2.45) is 5.41 Å². The number of hydrogen-bond donors (Lipinski definition) is 2. The highest BCUT2D eigenvalue weighted by atomic mass is 19.1. The lowest BCUT2D eigenvalue weighted by Crippen LogP contribution is -2.47. The van der Waals surface area contributed by atoms with Gasteiger partial charge in [0.2, 0.25) is 5.82 Å². The molecule has 0 amide bonds. The first-order valence-corrected chi connectivity index (χ1v) is 6.32. The maximum atomic E-state index is 14.1. The van der Waals surface area contributed by atoms with Gasteiger partial charge >= 0.3 is 11.7 Å². The molecule has 2 rings (SSSR count). The average molecular weight is 282 g/mol. The number of hydrogen-bond acceptors (Lipinski definition) is 4. The minimum Gasteiger partial charge on any atom is -0.481 e. The maximum Gasteiger partial charge on any atom is 0.311 e. The molecule has 0 aliphatic carbocycles. The monoisotopic (exact) mass is 282 g/mol. The summed E-state index contributed by atoms with van der Waals surface area (Å²) in [6.07, 6.45) is 1.06. The average Bonchev–Trinajstić information content (AvgIpc) is 2.41. The van der Waals surface area contributed by atoms with E-state index in [9.17, 15) is 24.4 Å². The van der Waals surface area contributed by atoms with Gasteiger partial charge in [0.1, 0.15) is 0 Å². The minimum atomic E-state index is -1.10. The molecule has 1 aliphatic heterocycles. The van der Waals surface area contributed by atoms with Gasteiger partial charge in [-0.3, -0.25) is 14.9 Å². The van der Waals surface area contributed by atoms with Crippen molar-refractivity contribution in [1.82, 2.24) is 5.32 Å². The lowest BCUT2D eigenvalue weighted by atomic mass is 9.75. The Morgan fingerprint density at radius 1 is 1.55 bits per heavy atom. The van der Waals surface area contributed by atoms with E-state index in [2.05, 4.69) is 5.32 Å². The summed E-state index contributed by atoms with van der Waals surface area (Å²) >= 11 is 0. The fourth-order valence-electron chi connectivity index (χ4n) is 2.59. The highest BCUT2D eigenvalue weighted by molar-refractivity contribution is 5.75. The van der Waals surface area contributed by atoms with Crippen LogP contribution in [0.25, 0.3) is 0 Å². The molecule has 1 saturated heterocycles. The van der Waals surface area contributed by atoms with Crippen LogP contribution >= 0.6 is 0 Å². The van der Waals surface area contributed by atoms with E-state index in [0.717, 1.165) is 12.6 Å². The molecule has 1 fully saturated rings. The molecule has 1 aliphatic rings. The third kappa shape index (κ3) is 2.62. The van der Waals surface area contributed by atoms with Gasteiger partial charge in [-0.25, -0.2) is 0 Å². The van der Waals surface area contributed by atoms with Crippen LogP contribution in [-0.4, -0.2) is 29.1 Å². The van der Waals surface area contributed by atoms with E-state index < -0.39 is 27.8 Å². The molecule has 2 N–H and O–H groups in total. The number of benzene rings is 1. The quantitative estimate of drug-likeness (QED) is 0.648. The zero-order chi connectivity index (χ0) is 14.8. The zero-order valence-corrected chi connectivity index (χ0v) is 10.8. The fourth-order valence-corrected chi connectivity index (χ4v) is 2.59. The Labute approximate surface area is 114 Å². The lowest BCUT2D eigenvalue weighted by Gasteiger charge is -2.33. The molecule has 1 unspecified atom stereocenters. The Bertz CT molecular complexity index is 541. The van der Waals surface area contributed by atoms with E-state index in [-0.39, 0.29) is 18.5 Å². The molecule has 108 valence electrons. The Kier molecular flexibility index (Phi) is 3.99. The molecule has 1 atom stereocenters. The Balaban J connectivity index is 2.34. The van der Waals surface area contributed by atoms with Crippen LogP contribution in [0.15, 0.2) is 18.2 Å². The first-order valence-electron chi connectivity index (χ1n) is 6.32. The summed E-state index contributed by atoms with van der Waals surface area (Å²) in [7, 11) is 0. The van der Waals surface area contributed by atoms with Crippen molar-refractivity contribution in [1.29, 1.82) is 0 Å². The van der Waals surface area contributed by atoms with E-state index in [1.54, 1.807) is 0 Å². The molecule has 1 heterocycles. The highest BCUT2D eigenvalue weighted by Crippen LogP contribution is 2.33. The van der Waals surface area contributed by atoms with Gasteiger partial charge in [0.25, 0.3) is 0 Å². The summed E-state index contributed by atoms with van der Waals surface area (Å²) < 4.78 is 14.1. The molecule has 6 nitrogen and oxygen atoms in total. The number of aliphatic carboxylic acids is 1. The maximum absolute atomic E-state index is 14.1. The second kappa shape index (κ2) is 5.54. The van der Waals surface area contributed by atoms with E-state index in [0.29, 0.717) is 12.8 Å². The van der Waals surface area contributed by atoms with E-state index in [1.807, 2.05) is 0 Å². The van der Waals surface area contributed by atoms with Crippen molar-refractivity contribution in [2.45, 2.75) is 19.3 Å². The molecule has 0 aromatic heterocycles. The predicted molar refractivity (Wildman–Crippen MR) is 68.9 cm³/mol. The fraction of sp³-hybridized carbons (Fsp3) is 0.462. The van der Waals surface area contributed by atoms with Crippen LogP contribution < -0.4 is 5.32 Å². The number of halogens is 1. The van der Waals surface area contributed by atoms with Crippen molar-refractivity contribution in [2.75, 3.05) is 13.1 Å². The normalized spacial score (nSPS) is 22.4. The standard InChI is InChI=1S/C13H15FN2O4/c14-11-9(3-1-4-10(11)16(19)20)7-13(12(17)18)5-2-6-15-8-13/h1,3-4,15H,2,5-8H2,(H,17,18). The molecule has 0 spiro atoms. The molecular formula is C13H15FN2O4. The third-order valence-electron chi connectivity index (χ3n) is 3.71. The van der Waals surface area contributed by atoms with Crippen LogP contribution in [0, 0.1) is 21.3 Å². The van der Waals surface area contributed by atoms with Crippen LogP contribution in [0.4, 0.5) is 10.1 Å². The van der Waals surface area contributed by atoms with Crippen molar-refractivity contribution in [3.8, 4) is 0 Å². The first kappa shape index (κ1) is 14.4. The molecule has 1 aromatic rings. The third-order valence-corrected chi connectivity index (χ3v) is 3.71. The van der Waals surface area contributed by atoms with Gasteiger partial charge in [0, 0.05) is 12.6 Å². The second-order valence-electron chi connectivity index (χ2n) is 5.05. The summed E-state index contributed by atoms with van der Waals surface area (Å²) in [5, 5.41) is 23.1. The number of carboxylic acid groups (broad SMARTS) is 1. The minimum absolute atomic E-state index is 0.0527. The smallest absolute Gasteiger partial charge is 0.311 e. The SMILES string of the molecule is O=C(O)C1(Cc2cccc([N+](=O)[O-])c2F)CCCNC1. The molecule has 0 radical (unpaired) electrons. The second-order valence-corrected chi connectivity index (χ2v) is 5.05. The lowest BCUT2D eigenvalue weighted by molar-refractivity contribution is -0.387. The molecule has 20 heavy (non-hydrogen) atoms. The molecule has 1 aromatic carbocycles. The summed E-state index contributed by atoms with van der Waals surface area (Å²) in [6.45, 7) is 0.969. The number of nitrogens with one attached hydrogen (secondary N) is 1. The number of nitrogens with zero attached hydrogens (tertiary/aromatic N) is 1. The largest absolute Gasteiger partial charge is 0.481 e. The summed E-state index contributed by atoms with van der Waals surface area (Å²) in [4.78, 5) is 21.4. The van der Waals surface area contributed by atoms with E-state index in [4.69, 9.17) is 0 Å². The van der Waals surface area contributed by atoms with Crippen molar-refractivity contribution in [3.05, 3.63) is 39.7 Å². The Morgan fingerprint density at radius 2 is 2.30 bits per heavy atom. The van der Waals surface area contributed by atoms with Crippen molar-refractivity contribution in [3.63, 3.8) is 0 Å². The van der Waals surface area contributed by atoms with Gasteiger partial charge in [0.05, 0.1) is 10.3 Å². The van der Waals surface area contributed by atoms with Crippen LogP contribution in [0.2, 0.25) is 0 Å². The van der Waals surface area contributed by atoms with Crippen LogP contribution in [0.3, 0.4) is 0 Å². The van der Waals surface area contributed by atoms with Gasteiger partial charge in [-0.15, -0.1) is 0 Å². The first-order chi connectivity index (χ1) is 9.46. The van der Waals surface area contributed by atoms with E-state index >= 15 is 0 Å². The number of nitro groups is 1. The van der Waals surface area contributed by atoms with Gasteiger partial charge in [0.15, 0.2) is 0 Å². The van der Waals surface area contributed by atoms with E-state index in [1.165, 1.54) is 12.1 Å². The topological polar surface area (TPSA) is 92.5 Å². The number of carboxylic acids is 1. The number of carbonyl (C=O) groups is 1. The molecule has 0 bridgehead atoms. The Hall–Kier alpha value is -2.02. The summed E-state index contributed by atoms with van der Waals surface area (Å²) in [6, 6.07) is 3.86. The number of rotatable bonds is 4. The van der Waals surface area contributed by atoms with Gasteiger partial charge < -0.3 is 10.4 Å². The van der Waals surface area contributed by atoms with Gasteiger partial charge in [-0.1, -0.05) is 12.1 Å². The van der Waals surface area contributed by atoms with Crippen LogP contribution in [-0.2, 0) is 11.2 Å². The van der Waals surface area contributed by atoms with Gasteiger partial charge in [-0.2, -0.15) is 4.39 Å². The summed E-state index contributed by atoms with van der Waals surface area (Å²) in [5.41, 5.74) is -1.65. The van der Waals surface area contributed by atoms with Crippen LogP contribution in [0.5, 0.6) is 0 Å². The summed E-state index contributed by atoms with van der Waals surface area (Å²) in [5.74, 6) is -1.95. The zero-order valence-electron chi connectivity index (χ0n) is 10.8. The van der Waals surface area contributed by atoms with Crippen molar-refractivity contribution < 1.29 is 19.2 Å². The highest BCUT2D eigenvalue weighted by Gasteiger charge is 2.40. The van der Waals surface area contributed by atoms with Gasteiger partial charge in [-0.05, 0) is 31.4 Å². The number of piperidine rings is 1.